The molecular formula is C19H21BrN2O3. The summed E-state index contributed by atoms with van der Waals surface area (Å²) in [7, 11) is 1.60. The second-order valence-corrected chi connectivity index (χ2v) is 7.55. The molecule has 0 bridgehead atoms. The van der Waals surface area contributed by atoms with Gasteiger partial charge in [0.05, 0.1) is 13.2 Å². The molecular weight excluding hydrogens is 384 g/mol. The molecule has 2 amide bonds. The molecule has 0 spiro atoms. The molecule has 0 aliphatic carbocycles. The van der Waals surface area contributed by atoms with Gasteiger partial charge >= 0.3 is 6.03 Å². The van der Waals surface area contributed by atoms with Crippen molar-refractivity contribution in [1.29, 1.82) is 0 Å². The van der Waals surface area contributed by atoms with Crippen molar-refractivity contribution >= 4 is 27.6 Å². The lowest BCUT2D eigenvalue weighted by Gasteiger charge is -2.38. The van der Waals surface area contributed by atoms with E-state index in [1.54, 1.807) is 13.2 Å². The van der Waals surface area contributed by atoms with Crippen molar-refractivity contribution in [3.05, 3.63) is 52.5 Å². The zero-order valence-corrected chi connectivity index (χ0v) is 16.0. The van der Waals surface area contributed by atoms with E-state index in [-0.39, 0.29) is 17.7 Å². The maximum absolute atomic E-state index is 12.5. The molecule has 1 atom stereocenters. The van der Waals surface area contributed by atoms with Crippen LogP contribution in [0, 0.1) is 0 Å². The third-order valence-corrected chi connectivity index (χ3v) is 4.56. The molecule has 5 nitrogen and oxygen atoms in total. The molecule has 2 N–H and O–H groups in total. The Morgan fingerprint density at radius 2 is 2.08 bits per heavy atom. The molecule has 2 aromatic rings. The first kappa shape index (κ1) is 17.6. The molecule has 0 radical (unpaired) electrons. The molecule has 0 saturated carbocycles. The van der Waals surface area contributed by atoms with E-state index in [9.17, 15) is 4.79 Å². The number of anilines is 1. The van der Waals surface area contributed by atoms with E-state index >= 15 is 0 Å². The lowest BCUT2D eigenvalue weighted by Crippen LogP contribution is -2.42. The van der Waals surface area contributed by atoms with E-state index in [1.807, 2.05) is 50.2 Å². The number of urea groups is 1. The van der Waals surface area contributed by atoms with E-state index in [2.05, 4.69) is 26.6 Å². The number of amides is 2. The average molecular weight is 405 g/mol. The summed E-state index contributed by atoms with van der Waals surface area (Å²) in [4.78, 5) is 12.5. The topological polar surface area (TPSA) is 59.6 Å². The fourth-order valence-corrected chi connectivity index (χ4v) is 3.36. The van der Waals surface area contributed by atoms with Crippen LogP contribution in [0.5, 0.6) is 11.5 Å². The maximum atomic E-state index is 12.5. The molecule has 25 heavy (non-hydrogen) atoms. The normalized spacial score (nSPS) is 17.8. The van der Waals surface area contributed by atoms with Crippen molar-refractivity contribution in [2.75, 3.05) is 12.4 Å². The number of carbonyl (C=O) groups is 1. The Hall–Kier alpha value is -2.21. The summed E-state index contributed by atoms with van der Waals surface area (Å²) < 4.78 is 12.2. The highest BCUT2D eigenvalue weighted by molar-refractivity contribution is 9.10. The summed E-state index contributed by atoms with van der Waals surface area (Å²) in [5.74, 6) is 1.49. The predicted octanol–water partition coefficient (Wildman–Crippen LogP) is 4.88. The standard InChI is InChI=1S/C19H21BrN2O3/c1-19(2)11-16(15-9-12(20)7-8-17(15)25-19)22-18(23)21-13-5-4-6-14(10-13)24-3/h4-10,16H,11H2,1-3H3,(H2,21,22,23)/t16-/m1/s1. The molecule has 0 aromatic heterocycles. The quantitative estimate of drug-likeness (QED) is 0.765. The Morgan fingerprint density at radius 1 is 1.28 bits per heavy atom. The van der Waals surface area contributed by atoms with Crippen molar-refractivity contribution in [3.8, 4) is 11.5 Å². The highest BCUT2D eigenvalue weighted by Gasteiger charge is 2.34. The van der Waals surface area contributed by atoms with Gasteiger partial charge in [-0.1, -0.05) is 22.0 Å². The molecule has 0 fully saturated rings. The van der Waals surface area contributed by atoms with Crippen LogP contribution in [0.3, 0.4) is 0 Å². The van der Waals surface area contributed by atoms with Crippen molar-refractivity contribution in [2.45, 2.75) is 31.9 Å². The first-order valence-electron chi connectivity index (χ1n) is 8.06. The van der Waals surface area contributed by atoms with E-state index in [0.29, 0.717) is 17.9 Å². The first-order chi connectivity index (χ1) is 11.9. The fourth-order valence-electron chi connectivity index (χ4n) is 2.98. The minimum absolute atomic E-state index is 0.137. The van der Waals surface area contributed by atoms with Crippen LogP contribution in [-0.2, 0) is 0 Å². The summed E-state index contributed by atoms with van der Waals surface area (Å²) in [5, 5.41) is 5.91. The number of nitrogens with one attached hydrogen (secondary N) is 2. The number of fused-ring (bicyclic) bond motifs is 1. The smallest absolute Gasteiger partial charge is 0.319 e. The summed E-state index contributed by atoms with van der Waals surface area (Å²) in [5.41, 5.74) is 1.29. The Kier molecular flexibility index (Phi) is 4.90. The van der Waals surface area contributed by atoms with Crippen LogP contribution < -0.4 is 20.1 Å². The van der Waals surface area contributed by atoms with Crippen LogP contribution in [0.25, 0.3) is 0 Å². The van der Waals surface area contributed by atoms with Gasteiger partial charge in [-0.05, 0) is 44.2 Å². The van der Waals surface area contributed by atoms with Gasteiger partial charge in [-0.15, -0.1) is 0 Å². The van der Waals surface area contributed by atoms with Gasteiger partial charge in [0.2, 0.25) is 0 Å². The number of hydrogen-bond acceptors (Lipinski definition) is 3. The van der Waals surface area contributed by atoms with E-state index in [4.69, 9.17) is 9.47 Å². The minimum atomic E-state index is -0.352. The maximum Gasteiger partial charge on any atom is 0.319 e. The van der Waals surface area contributed by atoms with Crippen molar-refractivity contribution in [3.63, 3.8) is 0 Å². The van der Waals surface area contributed by atoms with E-state index < -0.39 is 0 Å². The van der Waals surface area contributed by atoms with Crippen LogP contribution in [0.1, 0.15) is 31.9 Å². The van der Waals surface area contributed by atoms with Gasteiger partial charge in [0.15, 0.2) is 0 Å². The molecule has 0 saturated heterocycles. The molecule has 3 rings (SSSR count). The minimum Gasteiger partial charge on any atom is -0.497 e. The van der Waals surface area contributed by atoms with Gasteiger partial charge in [0, 0.05) is 28.2 Å². The second-order valence-electron chi connectivity index (χ2n) is 6.63. The molecule has 0 unspecified atom stereocenters. The van der Waals surface area contributed by atoms with Gasteiger partial charge in [-0.3, -0.25) is 0 Å². The highest BCUT2D eigenvalue weighted by Crippen LogP contribution is 2.40. The fraction of sp³-hybridized carbons (Fsp3) is 0.316. The Morgan fingerprint density at radius 3 is 2.84 bits per heavy atom. The summed E-state index contributed by atoms with van der Waals surface area (Å²) >= 11 is 3.48. The van der Waals surface area contributed by atoms with Crippen molar-refractivity contribution < 1.29 is 14.3 Å². The lowest BCUT2D eigenvalue weighted by atomic mass is 9.90. The third kappa shape index (κ3) is 4.25. The van der Waals surface area contributed by atoms with E-state index in [1.165, 1.54) is 0 Å². The van der Waals surface area contributed by atoms with Crippen LogP contribution in [-0.4, -0.2) is 18.7 Å². The number of hydrogen-bond donors (Lipinski definition) is 2. The molecule has 1 aliphatic heterocycles. The molecule has 132 valence electrons. The number of benzene rings is 2. The molecule has 1 aliphatic rings. The number of halogens is 1. The van der Waals surface area contributed by atoms with Gasteiger partial charge in [0.25, 0.3) is 0 Å². The third-order valence-electron chi connectivity index (χ3n) is 4.06. The summed E-state index contributed by atoms with van der Waals surface area (Å²) in [6.07, 6.45) is 0.683. The van der Waals surface area contributed by atoms with E-state index in [0.717, 1.165) is 15.8 Å². The number of rotatable bonds is 3. The Labute approximate surface area is 155 Å². The first-order valence-corrected chi connectivity index (χ1v) is 8.86. The van der Waals surface area contributed by atoms with Gasteiger partial charge in [-0.25, -0.2) is 4.79 Å². The Bertz CT molecular complexity index is 792. The number of carbonyl (C=O) groups excluding carboxylic acids is 1. The Balaban J connectivity index is 1.77. The van der Waals surface area contributed by atoms with Crippen molar-refractivity contribution in [2.24, 2.45) is 0 Å². The summed E-state index contributed by atoms with van der Waals surface area (Å²) in [6.45, 7) is 4.04. The average Bonchev–Trinajstić information content (AvgIpc) is 2.55. The van der Waals surface area contributed by atoms with Gasteiger partial charge < -0.3 is 20.1 Å². The zero-order valence-electron chi connectivity index (χ0n) is 14.4. The molecule has 1 heterocycles. The van der Waals surface area contributed by atoms with Crippen LogP contribution >= 0.6 is 15.9 Å². The monoisotopic (exact) mass is 404 g/mol. The highest BCUT2D eigenvalue weighted by atomic mass is 79.9. The van der Waals surface area contributed by atoms with Gasteiger partial charge in [0.1, 0.15) is 17.1 Å². The van der Waals surface area contributed by atoms with Gasteiger partial charge in [-0.2, -0.15) is 0 Å². The van der Waals surface area contributed by atoms with Crippen LogP contribution in [0.2, 0.25) is 0 Å². The largest absolute Gasteiger partial charge is 0.497 e. The predicted molar refractivity (Wildman–Crippen MR) is 101 cm³/mol. The zero-order chi connectivity index (χ0) is 18.0. The number of ether oxygens (including phenoxy) is 2. The molecule has 6 heteroatoms. The van der Waals surface area contributed by atoms with Crippen molar-refractivity contribution in [1.82, 2.24) is 5.32 Å². The number of methoxy groups -OCH3 is 1. The lowest BCUT2D eigenvalue weighted by molar-refractivity contribution is 0.0682. The van der Waals surface area contributed by atoms with Crippen LogP contribution in [0.15, 0.2) is 46.9 Å². The summed E-state index contributed by atoms with van der Waals surface area (Å²) in [6, 6.07) is 12.7. The SMILES string of the molecule is COc1cccc(NC(=O)N[C@@H]2CC(C)(C)Oc3ccc(Br)cc32)c1. The second kappa shape index (κ2) is 6.96. The molecule has 2 aromatic carbocycles. The van der Waals surface area contributed by atoms with Crippen LogP contribution in [0.4, 0.5) is 10.5 Å².